The molecule has 1 atom stereocenters. The monoisotopic (exact) mass is 239 g/mol. The molecule has 3 rings (SSSR count). The Morgan fingerprint density at radius 3 is 2.88 bits per heavy atom. The molecular weight excluding hydrogens is 222 g/mol. The van der Waals surface area contributed by atoms with E-state index in [2.05, 4.69) is 9.27 Å². The van der Waals surface area contributed by atoms with Crippen molar-refractivity contribution >= 4 is 22.4 Å². The van der Waals surface area contributed by atoms with Crippen LogP contribution in [0.5, 0.6) is 0 Å². The Balaban J connectivity index is 1.89. The van der Waals surface area contributed by atoms with Gasteiger partial charge in [0.05, 0.1) is 5.60 Å². The molecule has 0 radical (unpaired) electrons. The maximum absolute atomic E-state index is 9.99. The zero-order chi connectivity index (χ0) is 11.3. The van der Waals surface area contributed by atoms with Crippen LogP contribution in [0.3, 0.4) is 0 Å². The Hall–Kier alpha value is -0.810. The minimum absolute atomic E-state index is 0.556. The molecule has 4 nitrogen and oxygen atoms in total. The molecule has 2 aliphatic rings. The zero-order valence-corrected chi connectivity index (χ0v) is 10.3. The topological polar surface area (TPSA) is 62.4 Å². The van der Waals surface area contributed by atoms with Crippen LogP contribution >= 0.6 is 11.5 Å². The molecular formula is C11H17N3OS. The molecule has 1 aromatic rings. The lowest BCUT2D eigenvalue weighted by Crippen LogP contribution is -2.29. The van der Waals surface area contributed by atoms with Crippen molar-refractivity contribution in [2.24, 2.45) is 0 Å². The van der Waals surface area contributed by atoms with Gasteiger partial charge in [0.15, 0.2) is 0 Å². The summed E-state index contributed by atoms with van der Waals surface area (Å²) in [7, 11) is 0. The summed E-state index contributed by atoms with van der Waals surface area (Å²) in [5, 5.41) is 11.2. The van der Waals surface area contributed by atoms with Crippen LogP contribution in [0.1, 0.15) is 37.7 Å². The van der Waals surface area contributed by atoms with Gasteiger partial charge in [0.2, 0.25) is 0 Å². The maximum Gasteiger partial charge on any atom is 0.142 e. The van der Waals surface area contributed by atoms with Crippen molar-refractivity contribution in [1.29, 1.82) is 0 Å². The van der Waals surface area contributed by atoms with Gasteiger partial charge >= 0.3 is 0 Å². The summed E-state index contributed by atoms with van der Waals surface area (Å²) in [6.45, 7) is 3.51. The van der Waals surface area contributed by atoms with Gasteiger partial charge in [-0.15, -0.1) is 0 Å². The Bertz CT molecular complexity index is 411. The second-order valence-electron chi connectivity index (χ2n) is 5.23. The molecule has 3 N–H and O–H groups in total. The first-order valence-corrected chi connectivity index (χ1v) is 6.56. The zero-order valence-electron chi connectivity index (χ0n) is 9.44. The molecule has 0 amide bonds. The summed E-state index contributed by atoms with van der Waals surface area (Å²) in [4.78, 5) is 2.24. The van der Waals surface area contributed by atoms with Crippen molar-refractivity contribution in [1.82, 2.24) is 4.37 Å². The van der Waals surface area contributed by atoms with Crippen LogP contribution in [0.2, 0.25) is 0 Å². The number of anilines is 2. The van der Waals surface area contributed by atoms with Crippen LogP contribution in [0.4, 0.5) is 10.8 Å². The van der Waals surface area contributed by atoms with Crippen LogP contribution in [-0.2, 0) is 0 Å². The standard InChI is InChI=1S/C11H17N3OS/c1-11(15)4-5-14(6-11)10-8(7-2-3-7)9(12)13-16-10/h7,15H,2-6H2,1H3,(H2,12,13). The molecule has 16 heavy (non-hydrogen) atoms. The van der Waals surface area contributed by atoms with Crippen molar-refractivity contribution in [3.63, 3.8) is 0 Å². The average Bonchev–Trinajstić information content (AvgIpc) is 2.88. The Kier molecular flexibility index (Phi) is 2.16. The fourth-order valence-corrected chi connectivity index (χ4v) is 3.33. The van der Waals surface area contributed by atoms with Gasteiger partial charge in [-0.05, 0) is 43.6 Å². The summed E-state index contributed by atoms with van der Waals surface area (Å²) >= 11 is 1.48. The van der Waals surface area contributed by atoms with Crippen LogP contribution in [0.15, 0.2) is 0 Å². The number of nitrogens with zero attached hydrogens (tertiary/aromatic N) is 2. The third-order valence-corrected chi connectivity index (χ3v) is 4.40. The highest BCUT2D eigenvalue weighted by atomic mass is 32.1. The molecule has 1 unspecified atom stereocenters. The van der Waals surface area contributed by atoms with Crippen LogP contribution in [-0.4, -0.2) is 28.2 Å². The Morgan fingerprint density at radius 2 is 2.31 bits per heavy atom. The van der Waals surface area contributed by atoms with E-state index in [1.54, 1.807) is 0 Å². The van der Waals surface area contributed by atoms with E-state index in [0.29, 0.717) is 18.3 Å². The van der Waals surface area contributed by atoms with E-state index in [1.807, 2.05) is 6.92 Å². The first-order chi connectivity index (χ1) is 7.57. The third-order valence-electron chi connectivity index (χ3n) is 3.46. The number of nitrogen functional groups attached to an aromatic ring is 1. The molecule has 0 spiro atoms. The van der Waals surface area contributed by atoms with Crippen molar-refractivity contribution in [3.05, 3.63) is 5.56 Å². The van der Waals surface area contributed by atoms with Crippen molar-refractivity contribution < 1.29 is 5.11 Å². The number of hydrogen-bond donors (Lipinski definition) is 2. The number of aliphatic hydroxyl groups is 1. The van der Waals surface area contributed by atoms with E-state index in [-0.39, 0.29) is 0 Å². The maximum atomic E-state index is 9.99. The first-order valence-electron chi connectivity index (χ1n) is 5.79. The largest absolute Gasteiger partial charge is 0.388 e. The molecule has 0 aromatic carbocycles. The molecule has 5 heteroatoms. The number of β-amino-alcohol motifs (C(OH)–C–C–N with tert-alkyl or cyclic N) is 1. The van der Waals surface area contributed by atoms with Gasteiger partial charge in [0.25, 0.3) is 0 Å². The predicted octanol–water partition coefficient (Wildman–Crippen LogP) is 1.56. The molecule has 1 saturated carbocycles. The molecule has 1 aliphatic heterocycles. The molecule has 1 aliphatic carbocycles. The third kappa shape index (κ3) is 1.68. The highest BCUT2D eigenvalue weighted by Crippen LogP contribution is 2.49. The lowest BCUT2D eigenvalue weighted by Gasteiger charge is -2.20. The van der Waals surface area contributed by atoms with Crippen LogP contribution in [0.25, 0.3) is 0 Å². The summed E-state index contributed by atoms with van der Waals surface area (Å²) in [6, 6.07) is 0. The van der Waals surface area contributed by atoms with E-state index in [9.17, 15) is 5.11 Å². The molecule has 0 bridgehead atoms. The van der Waals surface area contributed by atoms with Gasteiger partial charge in [0.1, 0.15) is 10.8 Å². The highest BCUT2D eigenvalue weighted by Gasteiger charge is 2.37. The Morgan fingerprint density at radius 1 is 1.56 bits per heavy atom. The average molecular weight is 239 g/mol. The number of nitrogens with two attached hydrogens (primary N) is 1. The lowest BCUT2D eigenvalue weighted by atomic mass is 10.1. The second kappa shape index (κ2) is 3.34. The van der Waals surface area contributed by atoms with Gasteiger partial charge in [-0.25, -0.2) is 0 Å². The SMILES string of the molecule is CC1(O)CCN(c2snc(N)c2C2CC2)C1. The molecule has 1 aromatic heterocycles. The fraction of sp³-hybridized carbons (Fsp3) is 0.727. The minimum Gasteiger partial charge on any atom is -0.388 e. The number of hydrogen-bond acceptors (Lipinski definition) is 5. The van der Waals surface area contributed by atoms with E-state index in [4.69, 9.17) is 5.73 Å². The fourth-order valence-electron chi connectivity index (χ4n) is 2.40. The summed E-state index contributed by atoms with van der Waals surface area (Å²) in [6.07, 6.45) is 3.30. The summed E-state index contributed by atoms with van der Waals surface area (Å²) < 4.78 is 4.27. The first kappa shape index (κ1) is 10.4. The van der Waals surface area contributed by atoms with Gasteiger partial charge in [0, 0.05) is 18.7 Å². The quantitative estimate of drug-likeness (QED) is 0.822. The van der Waals surface area contributed by atoms with Crippen LogP contribution in [0, 0.1) is 0 Å². The van der Waals surface area contributed by atoms with Crippen molar-refractivity contribution in [2.75, 3.05) is 23.7 Å². The number of rotatable bonds is 2. The molecule has 2 heterocycles. The van der Waals surface area contributed by atoms with E-state index in [0.717, 1.165) is 13.0 Å². The van der Waals surface area contributed by atoms with Crippen molar-refractivity contribution in [3.8, 4) is 0 Å². The lowest BCUT2D eigenvalue weighted by molar-refractivity contribution is 0.0840. The molecule has 1 saturated heterocycles. The van der Waals surface area contributed by atoms with E-state index < -0.39 is 5.60 Å². The molecule has 88 valence electrons. The number of aromatic nitrogens is 1. The normalized spacial score (nSPS) is 30.0. The second-order valence-corrected chi connectivity index (χ2v) is 5.98. The van der Waals surface area contributed by atoms with Gasteiger partial charge < -0.3 is 15.7 Å². The van der Waals surface area contributed by atoms with E-state index >= 15 is 0 Å². The minimum atomic E-state index is -0.556. The summed E-state index contributed by atoms with van der Waals surface area (Å²) in [5.74, 6) is 1.33. The van der Waals surface area contributed by atoms with E-state index in [1.165, 1.54) is 34.9 Å². The predicted molar refractivity (Wildman–Crippen MR) is 66.0 cm³/mol. The Labute approximate surface area is 99.2 Å². The van der Waals surface area contributed by atoms with Gasteiger partial charge in [-0.3, -0.25) is 0 Å². The smallest absolute Gasteiger partial charge is 0.142 e. The van der Waals surface area contributed by atoms with Gasteiger partial charge in [-0.2, -0.15) is 4.37 Å². The molecule has 2 fully saturated rings. The summed E-state index contributed by atoms with van der Waals surface area (Å²) in [5.41, 5.74) is 6.61. The van der Waals surface area contributed by atoms with Crippen LogP contribution < -0.4 is 10.6 Å². The highest BCUT2D eigenvalue weighted by molar-refractivity contribution is 7.10. The van der Waals surface area contributed by atoms with Crippen molar-refractivity contribution in [2.45, 2.75) is 37.7 Å². The van der Waals surface area contributed by atoms with Gasteiger partial charge in [-0.1, -0.05) is 0 Å².